The summed E-state index contributed by atoms with van der Waals surface area (Å²) in [5.74, 6) is 0.770. The molecule has 4 nitrogen and oxygen atoms in total. The Morgan fingerprint density at radius 3 is 2.60 bits per heavy atom. The van der Waals surface area contributed by atoms with Crippen molar-refractivity contribution in [2.24, 2.45) is 5.73 Å². The highest BCUT2D eigenvalue weighted by molar-refractivity contribution is 5.30. The van der Waals surface area contributed by atoms with Crippen molar-refractivity contribution < 1.29 is 0 Å². The first-order valence-electron chi connectivity index (χ1n) is 5.47. The molecule has 0 atom stereocenters. The minimum absolute atomic E-state index is 0.465. The van der Waals surface area contributed by atoms with Crippen LogP contribution in [-0.2, 0) is 6.54 Å². The number of anilines is 1. The van der Waals surface area contributed by atoms with Gasteiger partial charge in [0.25, 0.3) is 0 Å². The van der Waals surface area contributed by atoms with Gasteiger partial charge in [0.2, 0.25) is 5.95 Å². The van der Waals surface area contributed by atoms with Gasteiger partial charge in [-0.2, -0.15) is 0 Å². The van der Waals surface area contributed by atoms with Crippen LogP contribution in [0.4, 0.5) is 5.95 Å². The molecule has 0 spiro atoms. The highest BCUT2D eigenvalue weighted by atomic mass is 15.2. The molecule has 84 valence electrons. The first-order chi connectivity index (χ1) is 7.22. The smallest absolute Gasteiger partial charge is 0.225 e. The molecule has 4 heteroatoms. The van der Waals surface area contributed by atoms with Gasteiger partial charge in [-0.25, -0.2) is 9.97 Å². The molecule has 15 heavy (non-hydrogen) atoms. The minimum Gasteiger partial charge on any atom is -0.341 e. The molecular weight excluding hydrogens is 188 g/mol. The maximum absolute atomic E-state index is 5.55. The number of aromatic nitrogens is 2. The van der Waals surface area contributed by atoms with Crippen LogP contribution in [0.2, 0.25) is 0 Å². The van der Waals surface area contributed by atoms with E-state index < -0.39 is 0 Å². The molecule has 0 aromatic carbocycles. The fraction of sp³-hybridized carbons (Fsp3) is 0.636. The van der Waals surface area contributed by atoms with Crippen molar-refractivity contribution in [2.45, 2.75) is 39.3 Å². The van der Waals surface area contributed by atoms with Crippen LogP contribution in [0.25, 0.3) is 0 Å². The van der Waals surface area contributed by atoms with Crippen molar-refractivity contribution >= 4 is 5.95 Å². The number of hydrogen-bond acceptors (Lipinski definition) is 4. The molecular formula is C11H20N4. The summed E-state index contributed by atoms with van der Waals surface area (Å²) >= 11 is 0. The van der Waals surface area contributed by atoms with Crippen molar-refractivity contribution in [3.63, 3.8) is 0 Å². The average Bonchev–Trinajstić information content (AvgIpc) is 2.30. The zero-order valence-electron chi connectivity index (χ0n) is 9.77. The molecule has 0 saturated carbocycles. The number of nitrogens with two attached hydrogens (primary N) is 1. The van der Waals surface area contributed by atoms with Crippen LogP contribution in [0.5, 0.6) is 0 Å². The maximum Gasteiger partial charge on any atom is 0.225 e. The van der Waals surface area contributed by atoms with Gasteiger partial charge in [-0.05, 0) is 18.9 Å². The van der Waals surface area contributed by atoms with E-state index >= 15 is 0 Å². The van der Waals surface area contributed by atoms with E-state index in [1.54, 1.807) is 6.20 Å². The molecule has 0 saturated heterocycles. The second-order valence-corrected chi connectivity index (χ2v) is 3.63. The van der Waals surface area contributed by atoms with E-state index in [0.717, 1.165) is 24.5 Å². The van der Waals surface area contributed by atoms with Crippen molar-refractivity contribution in [1.29, 1.82) is 0 Å². The summed E-state index contributed by atoms with van der Waals surface area (Å²) in [6.07, 6.45) is 3.97. The standard InChI is InChI=1S/C11H20N4/c1-4-10(5-2)15(3)11-13-7-6-9(8-12)14-11/h6-7,10H,4-5,8,12H2,1-3H3. The van der Waals surface area contributed by atoms with Crippen molar-refractivity contribution in [2.75, 3.05) is 11.9 Å². The highest BCUT2D eigenvalue weighted by Crippen LogP contribution is 2.13. The lowest BCUT2D eigenvalue weighted by Crippen LogP contribution is -2.32. The van der Waals surface area contributed by atoms with Crippen LogP contribution in [0.1, 0.15) is 32.4 Å². The lowest BCUT2D eigenvalue weighted by atomic mass is 10.1. The molecule has 1 rings (SSSR count). The summed E-state index contributed by atoms with van der Waals surface area (Å²) in [5, 5.41) is 0. The zero-order valence-corrected chi connectivity index (χ0v) is 9.77. The van der Waals surface area contributed by atoms with Crippen molar-refractivity contribution in [1.82, 2.24) is 9.97 Å². The molecule has 0 amide bonds. The molecule has 1 aromatic rings. The molecule has 0 aliphatic rings. The zero-order chi connectivity index (χ0) is 11.3. The van der Waals surface area contributed by atoms with E-state index in [0.29, 0.717) is 12.6 Å². The molecule has 1 aromatic heterocycles. The van der Waals surface area contributed by atoms with Gasteiger partial charge in [0.1, 0.15) is 0 Å². The van der Waals surface area contributed by atoms with Crippen molar-refractivity contribution in [3.05, 3.63) is 18.0 Å². The second kappa shape index (κ2) is 5.66. The van der Waals surface area contributed by atoms with E-state index in [4.69, 9.17) is 5.73 Å². The first-order valence-corrected chi connectivity index (χ1v) is 5.47. The summed E-state index contributed by atoms with van der Waals surface area (Å²) in [7, 11) is 2.04. The topological polar surface area (TPSA) is 55.0 Å². The van der Waals surface area contributed by atoms with E-state index in [1.807, 2.05) is 13.1 Å². The normalized spacial score (nSPS) is 10.7. The van der Waals surface area contributed by atoms with E-state index in [2.05, 4.69) is 28.7 Å². The molecule has 0 unspecified atom stereocenters. The molecule has 1 heterocycles. The van der Waals surface area contributed by atoms with Gasteiger partial charge < -0.3 is 10.6 Å². The summed E-state index contributed by atoms with van der Waals surface area (Å²) in [4.78, 5) is 10.8. The fourth-order valence-corrected chi connectivity index (χ4v) is 1.67. The first kappa shape index (κ1) is 11.9. The SMILES string of the molecule is CCC(CC)N(C)c1nccc(CN)n1. The summed E-state index contributed by atoms with van der Waals surface area (Å²) in [6, 6.07) is 2.35. The highest BCUT2D eigenvalue weighted by Gasteiger charge is 2.13. The van der Waals surface area contributed by atoms with Gasteiger partial charge >= 0.3 is 0 Å². The predicted octanol–water partition coefficient (Wildman–Crippen LogP) is 1.56. The maximum atomic E-state index is 5.55. The monoisotopic (exact) mass is 208 g/mol. The van der Waals surface area contributed by atoms with Gasteiger partial charge in [-0.3, -0.25) is 0 Å². The number of rotatable bonds is 5. The van der Waals surface area contributed by atoms with Crippen LogP contribution in [0.15, 0.2) is 12.3 Å². The Balaban J connectivity index is 2.84. The largest absolute Gasteiger partial charge is 0.341 e. The lowest BCUT2D eigenvalue weighted by Gasteiger charge is -2.26. The van der Waals surface area contributed by atoms with Crippen LogP contribution < -0.4 is 10.6 Å². The van der Waals surface area contributed by atoms with E-state index in [9.17, 15) is 0 Å². The molecule has 2 N–H and O–H groups in total. The van der Waals surface area contributed by atoms with Gasteiger partial charge in [0.05, 0.1) is 5.69 Å². The molecule has 0 aliphatic heterocycles. The Bertz CT molecular complexity index is 296. The number of hydrogen-bond donors (Lipinski definition) is 1. The predicted molar refractivity (Wildman–Crippen MR) is 62.7 cm³/mol. The molecule has 0 radical (unpaired) electrons. The average molecular weight is 208 g/mol. The third-order valence-electron chi connectivity index (χ3n) is 2.72. The van der Waals surface area contributed by atoms with Crippen LogP contribution >= 0.6 is 0 Å². The van der Waals surface area contributed by atoms with Gasteiger partial charge in [0.15, 0.2) is 0 Å². The molecule has 0 bridgehead atoms. The lowest BCUT2D eigenvalue weighted by molar-refractivity contribution is 0.580. The van der Waals surface area contributed by atoms with Crippen LogP contribution in [-0.4, -0.2) is 23.1 Å². The minimum atomic E-state index is 0.465. The van der Waals surface area contributed by atoms with Gasteiger partial charge in [-0.15, -0.1) is 0 Å². The summed E-state index contributed by atoms with van der Waals surface area (Å²) in [5.41, 5.74) is 6.44. The van der Waals surface area contributed by atoms with Gasteiger partial charge in [0, 0.05) is 25.8 Å². The number of nitrogens with zero attached hydrogens (tertiary/aromatic N) is 3. The molecule has 0 aliphatic carbocycles. The Labute approximate surface area is 91.5 Å². The van der Waals surface area contributed by atoms with E-state index in [1.165, 1.54) is 0 Å². The van der Waals surface area contributed by atoms with Crippen LogP contribution in [0.3, 0.4) is 0 Å². The third kappa shape index (κ3) is 2.89. The van der Waals surface area contributed by atoms with E-state index in [-0.39, 0.29) is 0 Å². The molecule has 0 fully saturated rings. The summed E-state index contributed by atoms with van der Waals surface area (Å²) in [6.45, 7) is 4.82. The fourth-order valence-electron chi connectivity index (χ4n) is 1.67. The Kier molecular flexibility index (Phi) is 4.49. The van der Waals surface area contributed by atoms with Gasteiger partial charge in [-0.1, -0.05) is 13.8 Å². The quantitative estimate of drug-likeness (QED) is 0.798. The van der Waals surface area contributed by atoms with Crippen molar-refractivity contribution in [3.8, 4) is 0 Å². The Morgan fingerprint density at radius 2 is 2.07 bits per heavy atom. The third-order valence-corrected chi connectivity index (χ3v) is 2.72. The Morgan fingerprint density at radius 1 is 1.40 bits per heavy atom. The Hall–Kier alpha value is -1.16. The van der Waals surface area contributed by atoms with Crippen LogP contribution in [0, 0.1) is 0 Å². The second-order valence-electron chi connectivity index (χ2n) is 3.63. The summed E-state index contributed by atoms with van der Waals surface area (Å²) < 4.78 is 0.